The Morgan fingerprint density at radius 3 is 2.77 bits per heavy atom. The molecule has 0 saturated heterocycles. The van der Waals surface area contributed by atoms with Crippen LogP contribution in [0, 0.1) is 0 Å². The molecule has 0 spiro atoms. The molecular weight excluding hydrogens is 186 g/mol. The molecule has 1 aromatic heterocycles. The molecule has 0 aliphatic heterocycles. The van der Waals surface area contributed by atoms with Crippen molar-refractivity contribution in [1.29, 1.82) is 0 Å². The molecule has 0 bridgehead atoms. The number of hydrogen-bond donors (Lipinski definition) is 1. The van der Waals surface area contributed by atoms with Crippen molar-refractivity contribution >= 4 is 22.0 Å². The van der Waals surface area contributed by atoms with Crippen LogP contribution in [0.25, 0.3) is 10.9 Å². The van der Waals surface area contributed by atoms with Crippen molar-refractivity contribution in [2.75, 3.05) is 0 Å². The smallest absolute Gasteiger partial charge is 0.187 e. The van der Waals surface area contributed by atoms with Gasteiger partial charge in [-0.05, 0) is 12.1 Å². The van der Waals surface area contributed by atoms with Crippen molar-refractivity contribution in [3.63, 3.8) is 0 Å². The predicted octanol–water partition coefficient (Wildman–Crippen LogP) is 1.82. The maximum absolute atomic E-state index is 10.9. The number of pyridine rings is 1. The van der Waals surface area contributed by atoms with Crippen LogP contribution >= 0.6 is 0 Å². The lowest BCUT2D eigenvalue weighted by molar-refractivity contribution is 0.565. The zero-order chi connectivity index (χ0) is 9.26. The van der Waals surface area contributed by atoms with E-state index in [0.717, 1.165) is 10.9 Å². The van der Waals surface area contributed by atoms with Gasteiger partial charge in [-0.2, -0.15) is 0 Å². The van der Waals surface area contributed by atoms with Gasteiger partial charge in [-0.25, -0.2) is 4.21 Å². The largest absolute Gasteiger partial charge is 0.302 e. The van der Waals surface area contributed by atoms with Crippen molar-refractivity contribution in [3.05, 3.63) is 36.5 Å². The molecule has 3 nitrogen and oxygen atoms in total. The van der Waals surface area contributed by atoms with Crippen molar-refractivity contribution in [1.82, 2.24) is 4.98 Å². The number of fused-ring (bicyclic) bond motifs is 1. The maximum atomic E-state index is 10.9. The van der Waals surface area contributed by atoms with Crippen LogP contribution in [0.5, 0.6) is 0 Å². The number of rotatable bonds is 1. The average Bonchev–Trinajstić information content (AvgIpc) is 2.17. The first kappa shape index (κ1) is 8.34. The number of aromatic nitrogens is 1. The minimum atomic E-state index is -1.94. The molecule has 13 heavy (non-hydrogen) atoms. The van der Waals surface area contributed by atoms with E-state index in [1.807, 2.05) is 18.2 Å². The van der Waals surface area contributed by atoms with Gasteiger partial charge in [0.2, 0.25) is 0 Å². The van der Waals surface area contributed by atoms with Crippen LogP contribution in [-0.4, -0.2) is 13.7 Å². The highest BCUT2D eigenvalue weighted by molar-refractivity contribution is 7.79. The summed E-state index contributed by atoms with van der Waals surface area (Å²) in [4.78, 5) is 4.49. The number of hydrogen-bond acceptors (Lipinski definition) is 2. The van der Waals surface area contributed by atoms with E-state index in [2.05, 4.69) is 4.98 Å². The summed E-state index contributed by atoms with van der Waals surface area (Å²) in [6, 6.07) is 8.82. The molecule has 66 valence electrons. The van der Waals surface area contributed by atoms with Gasteiger partial charge in [0.05, 0.1) is 10.4 Å². The van der Waals surface area contributed by atoms with Crippen LogP contribution in [0.15, 0.2) is 41.4 Å². The first-order valence-electron chi connectivity index (χ1n) is 3.73. The first-order chi connectivity index (χ1) is 6.29. The van der Waals surface area contributed by atoms with Crippen LogP contribution in [0.4, 0.5) is 0 Å². The standard InChI is InChI=1S/C9H7NO2S/c11-13(12)9-5-6-10-8-4-2-1-3-7(8)9/h1-6H,(H,11,12). The molecule has 1 atom stereocenters. The Balaban J connectivity index is 2.83. The number of nitrogens with zero attached hydrogens (tertiary/aromatic N) is 1. The van der Waals surface area contributed by atoms with E-state index in [-0.39, 0.29) is 0 Å². The molecule has 0 aliphatic rings. The monoisotopic (exact) mass is 193 g/mol. The quantitative estimate of drug-likeness (QED) is 0.703. The molecule has 1 unspecified atom stereocenters. The van der Waals surface area contributed by atoms with Crippen molar-refractivity contribution < 1.29 is 8.76 Å². The van der Waals surface area contributed by atoms with E-state index >= 15 is 0 Å². The van der Waals surface area contributed by atoms with Gasteiger partial charge in [0, 0.05) is 11.6 Å². The summed E-state index contributed by atoms with van der Waals surface area (Å²) < 4.78 is 19.9. The van der Waals surface area contributed by atoms with Gasteiger partial charge in [0.25, 0.3) is 0 Å². The highest BCUT2D eigenvalue weighted by atomic mass is 32.2. The zero-order valence-corrected chi connectivity index (χ0v) is 7.49. The lowest BCUT2D eigenvalue weighted by Crippen LogP contribution is -1.90. The van der Waals surface area contributed by atoms with Gasteiger partial charge in [0.1, 0.15) is 0 Å². The van der Waals surface area contributed by atoms with Crippen molar-refractivity contribution in [2.45, 2.75) is 4.90 Å². The summed E-state index contributed by atoms with van der Waals surface area (Å²) >= 11 is -1.94. The molecule has 0 aliphatic carbocycles. The van der Waals surface area contributed by atoms with Crippen molar-refractivity contribution in [3.8, 4) is 0 Å². The Hall–Kier alpha value is -1.26. The topological polar surface area (TPSA) is 50.2 Å². The minimum Gasteiger partial charge on any atom is -0.302 e. The van der Waals surface area contributed by atoms with E-state index in [1.54, 1.807) is 12.1 Å². The van der Waals surface area contributed by atoms with E-state index in [1.165, 1.54) is 6.20 Å². The summed E-state index contributed by atoms with van der Waals surface area (Å²) in [5.41, 5.74) is 0.738. The van der Waals surface area contributed by atoms with E-state index in [9.17, 15) is 4.21 Å². The number of benzene rings is 1. The van der Waals surface area contributed by atoms with Crippen LogP contribution in [-0.2, 0) is 11.1 Å². The third kappa shape index (κ3) is 1.46. The summed E-state index contributed by atoms with van der Waals surface area (Å²) in [6.07, 6.45) is 1.53. The molecule has 0 saturated carbocycles. The maximum Gasteiger partial charge on any atom is 0.187 e. The molecule has 0 radical (unpaired) electrons. The summed E-state index contributed by atoms with van der Waals surface area (Å²) in [5, 5.41) is 0.728. The summed E-state index contributed by atoms with van der Waals surface area (Å²) in [5.74, 6) is 0. The molecule has 2 aromatic rings. The minimum absolute atomic E-state index is 0.408. The molecule has 0 fully saturated rings. The van der Waals surface area contributed by atoms with Gasteiger partial charge >= 0.3 is 0 Å². The van der Waals surface area contributed by atoms with E-state index in [0.29, 0.717) is 4.90 Å². The molecule has 1 heterocycles. The number of para-hydroxylation sites is 1. The van der Waals surface area contributed by atoms with E-state index < -0.39 is 11.1 Å². The van der Waals surface area contributed by atoms with Gasteiger partial charge in [0.15, 0.2) is 11.1 Å². The Kier molecular flexibility index (Phi) is 2.08. The van der Waals surface area contributed by atoms with Gasteiger partial charge < -0.3 is 4.55 Å². The van der Waals surface area contributed by atoms with Crippen LogP contribution in [0.3, 0.4) is 0 Å². The molecule has 2 rings (SSSR count). The predicted molar refractivity (Wildman–Crippen MR) is 50.8 cm³/mol. The van der Waals surface area contributed by atoms with Gasteiger partial charge in [-0.15, -0.1) is 0 Å². The average molecular weight is 193 g/mol. The van der Waals surface area contributed by atoms with Gasteiger partial charge in [-0.1, -0.05) is 18.2 Å². The second kappa shape index (κ2) is 3.24. The highest BCUT2D eigenvalue weighted by Crippen LogP contribution is 2.18. The molecule has 4 heteroatoms. The molecule has 1 aromatic carbocycles. The molecular formula is C9H7NO2S. The second-order valence-corrected chi connectivity index (χ2v) is 3.51. The first-order valence-corrected chi connectivity index (χ1v) is 4.84. The normalized spacial score (nSPS) is 13.0. The summed E-state index contributed by atoms with van der Waals surface area (Å²) in [6.45, 7) is 0. The molecule has 1 N–H and O–H groups in total. The van der Waals surface area contributed by atoms with Crippen LogP contribution in [0.2, 0.25) is 0 Å². The highest BCUT2D eigenvalue weighted by Gasteiger charge is 2.04. The summed E-state index contributed by atoms with van der Waals surface area (Å²) in [7, 11) is 0. The fourth-order valence-corrected chi connectivity index (χ4v) is 1.76. The van der Waals surface area contributed by atoms with E-state index in [4.69, 9.17) is 4.55 Å². The lowest BCUT2D eigenvalue weighted by Gasteiger charge is -1.99. The third-order valence-corrected chi connectivity index (χ3v) is 2.53. The lowest BCUT2D eigenvalue weighted by atomic mass is 10.2. The Morgan fingerprint density at radius 1 is 1.23 bits per heavy atom. The Bertz CT molecular complexity index is 465. The molecule has 0 amide bonds. The van der Waals surface area contributed by atoms with Crippen LogP contribution < -0.4 is 0 Å². The zero-order valence-electron chi connectivity index (χ0n) is 6.68. The second-order valence-electron chi connectivity index (χ2n) is 2.58. The fourth-order valence-electron chi connectivity index (χ4n) is 1.22. The van der Waals surface area contributed by atoms with Crippen LogP contribution in [0.1, 0.15) is 0 Å². The fraction of sp³-hybridized carbons (Fsp3) is 0. The SMILES string of the molecule is O=S(O)c1ccnc2ccccc12. The Labute approximate surface area is 77.7 Å². The van der Waals surface area contributed by atoms with Crippen molar-refractivity contribution in [2.24, 2.45) is 0 Å². The third-order valence-electron chi connectivity index (χ3n) is 1.80. The Morgan fingerprint density at radius 2 is 2.00 bits per heavy atom. The van der Waals surface area contributed by atoms with Gasteiger partial charge in [-0.3, -0.25) is 4.98 Å².